The van der Waals surface area contributed by atoms with E-state index in [-0.39, 0.29) is 5.91 Å². The highest BCUT2D eigenvalue weighted by atomic mass is 16.5. The van der Waals surface area contributed by atoms with Crippen LogP contribution in [0.3, 0.4) is 0 Å². The van der Waals surface area contributed by atoms with Gasteiger partial charge in [-0.2, -0.15) is 0 Å². The monoisotopic (exact) mass is 370 g/mol. The lowest BCUT2D eigenvalue weighted by Crippen LogP contribution is -2.18. The molecule has 0 spiro atoms. The van der Waals surface area contributed by atoms with Crippen molar-refractivity contribution in [3.63, 3.8) is 0 Å². The molecular formula is C21H26N2O4. The van der Waals surface area contributed by atoms with Crippen LogP contribution in [0.1, 0.15) is 28.8 Å². The average molecular weight is 370 g/mol. The average Bonchev–Trinajstić information content (AvgIpc) is 3.21. The zero-order valence-electron chi connectivity index (χ0n) is 16.1. The highest BCUT2D eigenvalue weighted by molar-refractivity contribution is 6.07. The molecule has 144 valence electrons. The molecular weight excluding hydrogens is 344 g/mol. The molecule has 27 heavy (non-hydrogen) atoms. The van der Waals surface area contributed by atoms with E-state index in [1.165, 1.54) is 32.6 Å². The topological polar surface area (TPSA) is 60.0 Å². The first kappa shape index (κ1) is 19.0. The summed E-state index contributed by atoms with van der Waals surface area (Å²) in [6.07, 6.45) is 2.56. The Balaban J connectivity index is 1.73. The number of anilines is 1. The van der Waals surface area contributed by atoms with Gasteiger partial charge in [-0.3, -0.25) is 9.69 Å². The molecule has 2 aromatic carbocycles. The molecule has 6 nitrogen and oxygen atoms in total. The predicted molar refractivity (Wildman–Crippen MR) is 105 cm³/mol. The summed E-state index contributed by atoms with van der Waals surface area (Å²) in [5.41, 5.74) is 2.37. The Morgan fingerprint density at radius 3 is 2.19 bits per heavy atom. The number of methoxy groups -OCH3 is 3. The maximum Gasteiger partial charge on any atom is 0.259 e. The summed E-state index contributed by atoms with van der Waals surface area (Å²) in [5.74, 6) is 0.992. The molecule has 0 atom stereocenters. The lowest BCUT2D eigenvalue weighted by Gasteiger charge is -2.16. The van der Waals surface area contributed by atoms with E-state index in [0.29, 0.717) is 22.8 Å². The van der Waals surface area contributed by atoms with Crippen molar-refractivity contribution < 1.29 is 19.0 Å². The van der Waals surface area contributed by atoms with Crippen LogP contribution in [0, 0.1) is 0 Å². The minimum Gasteiger partial charge on any atom is -0.493 e. The molecule has 1 aliphatic heterocycles. The number of rotatable bonds is 7. The Labute approximate surface area is 160 Å². The van der Waals surface area contributed by atoms with Gasteiger partial charge in [0.05, 0.1) is 26.9 Å². The van der Waals surface area contributed by atoms with Crippen LogP contribution in [0.5, 0.6) is 17.2 Å². The fourth-order valence-corrected chi connectivity index (χ4v) is 3.37. The number of hydrogen-bond acceptors (Lipinski definition) is 5. The van der Waals surface area contributed by atoms with Crippen molar-refractivity contribution in [2.24, 2.45) is 0 Å². The second kappa shape index (κ2) is 8.77. The molecule has 0 bridgehead atoms. The molecule has 1 heterocycles. The molecule has 3 rings (SSSR count). The van der Waals surface area contributed by atoms with Gasteiger partial charge in [0.1, 0.15) is 0 Å². The molecule has 0 radical (unpaired) electrons. The van der Waals surface area contributed by atoms with Crippen LogP contribution >= 0.6 is 0 Å². The molecule has 1 amide bonds. The zero-order valence-corrected chi connectivity index (χ0v) is 16.1. The van der Waals surface area contributed by atoms with Crippen LogP contribution in [-0.4, -0.2) is 45.2 Å². The summed E-state index contributed by atoms with van der Waals surface area (Å²) in [7, 11) is 4.56. The normalized spacial score (nSPS) is 14.0. The number of likely N-dealkylation sites (tertiary alicyclic amines) is 1. The number of amides is 1. The lowest BCUT2D eigenvalue weighted by molar-refractivity contribution is 0.102. The molecule has 0 saturated carbocycles. The van der Waals surface area contributed by atoms with E-state index in [2.05, 4.69) is 22.3 Å². The first-order valence-corrected chi connectivity index (χ1v) is 9.08. The van der Waals surface area contributed by atoms with Crippen molar-refractivity contribution in [3.8, 4) is 17.2 Å². The number of hydrogen-bond donors (Lipinski definition) is 1. The van der Waals surface area contributed by atoms with E-state index in [1.54, 1.807) is 19.2 Å². The highest BCUT2D eigenvalue weighted by Gasteiger charge is 2.20. The molecule has 0 unspecified atom stereocenters. The Morgan fingerprint density at radius 2 is 1.59 bits per heavy atom. The summed E-state index contributed by atoms with van der Waals surface area (Å²) in [4.78, 5) is 15.2. The standard InChI is InChI=1S/C21H26N2O4/c1-25-18-11-10-17(19(26-2)20(18)27-3)21(24)22-16-8-6-15(7-9-16)14-23-12-4-5-13-23/h6-11H,4-5,12-14H2,1-3H3,(H,22,24). The summed E-state index contributed by atoms with van der Waals surface area (Å²) in [6.45, 7) is 3.28. The minimum absolute atomic E-state index is 0.264. The number of carbonyl (C=O) groups is 1. The predicted octanol–water partition coefficient (Wildman–Crippen LogP) is 3.56. The second-order valence-corrected chi connectivity index (χ2v) is 6.52. The molecule has 1 aliphatic rings. The van der Waals surface area contributed by atoms with Gasteiger partial charge in [-0.25, -0.2) is 0 Å². The second-order valence-electron chi connectivity index (χ2n) is 6.52. The van der Waals surface area contributed by atoms with Gasteiger partial charge in [0, 0.05) is 12.2 Å². The fraction of sp³-hybridized carbons (Fsp3) is 0.381. The summed E-state index contributed by atoms with van der Waals surface area (Å²) < 4.78 is 16.0. The first-order valence-electron chi connectivity index (χ1n) is 9.08. The van der Waals surface area contributed by atoms with Crippen LogP contribution in [-0.2, 0) is 6.54 Å². The Kier molecular flexibility index (Phi) is 6.19. The third-order valence-corrected chi connectivity index (χ3v) is 4.77. The third-order valence-electron chi connectivity index (χ3n) is 4.77. The maximum atomic E-state index is 12.7. The number of nitrogens with zero attached hydrogens (tertiary/aromatic N) is 1. The molecule has 0 aliphatic carbocycles. The lowest BCUT2D eigenvalue weighted by atomic mass is 10.1. The minimum atomic E-state index is -0.264. The summed E-state index contributed by atoms with van der Waals surface area (Å²) >= 11 is 0. The van der Waals surface area contributed by atoms with Gasteiger partial charge in [0.25, 0.3) is 5.91 Å². The van der Waals surface area contributed by atoms with Crippen LogP contribution in [0.2, 0.25) is 0 Å². The van der Waals surface area contributed by atoms with Crippen molar-refractivity contribution in [2.75, 3.05) is 39.7 Å². The van der Waals surface area contributed by atoms with Crippen molar-refractivity contribution >= 4 is 11.6 Å². The smallest absolute Gasteiger partial charge is 0.259 e. The van der Waals surface area contributed by atoms with Gasteiger partial charge < -0.3 is 19.5 Å². The fourth-order valence-electron chi connectivity index (χ4n) is 3.37. The van der Waals surface area contributed by atoms with E-state index in [4.69, 9.17) is 14.2 Å². The van der Waals surface area contributed by atoms with Crippen LogP contribution in [0.15, 0.2) is 36.4 Å². The van der Waals surface area contributed by atoms with Crippen LogP contribution < -0.4 is 19.5 Å². The van der Waals surface area contributed by atoms with Crippen molar-refractivity contribution in [1.82, 2.24) is 4.90 Å². The quantitative estimate of drug-likeness (QED) is 0.808. The molecule has 0 aromatic heterocycles. The number of nitrogens with one attached hydrogen (secondary N) is 1. The summed E-state index contributed by atoms with van der Waals surface area (Å²) in [6, 6.07) is 11.3. The van der Waals surface area contributed by atoms with Crippen molar-refractivity contribution in [3.05, 3.63) is 47.5 Å². The van der Waals surface area contributed by atoms with Gasteiger partial charge in [-0.05, 0) is 55.8 Å². The maximum absolute atomic E-state index is 12.7. The van der Waals surface area contributed by atoms with Gasteiger partial charge in [-0.1, -0.05) is 12.1 Å². The van der Waals surface area contributed by atoms with Gasteiger partial charge in [-0.15, -0.1) is 0 Å². The molecule has 2 aromatic rings. The van der Waals surface area contributed by atoms with Crippen LogP contribution in [0.4, 0.5) is 5.69 Å². The van der Waals surface area contributed by atoms with Crippen molar-refractivity contribution in [2.45, 2.75) is 19.4 Å². The van der Waals surface area contributed by atoms with E-state index >= 15 is 0 Å². The SMILES string of the molecule is COc1ccc(C(=O)Nc2ccc(CN3CCCC3)cc2)c(OC)c1OC. The van der Waals surface area contributed by atoms with Gasteiger partial charge >= 0.3 is 0 Å². The highest BCUT2D eigenvalue weighted by Crippen LogP contribution is 2.39. The van der Waals surface area contributed by atoms with E-state index in [0.717, 1.165) is 25.3 Å². The van der Waals surface area contributed by atoms with E-state index in [1.807, 2.05) is 12.1 Å². The Morgan fingerprint density at radius 1 is 0.926 bits per heavy atom. The van der Waals surface area contributed by atoms with E-state index in [9.17, 15) is 4.79 Å². The summed E-state index contributed by atoms with van der Waals surface area (Å²) in [5, 5.41) is 2.91. The Bertz CT molecular complexity index is 784. The van der Waals surface area contributed by atoms with Gasteiger partial charge in [0.2, 0.25) is 5.75 Å². The largest absolute Gasteiger partial charge is 0.493 e. The third kappa shape index (κ3) is 4.34. The molecule has 1 fully saturated rings. The number of benzene rings is 2. The number of carbonyl (C=O) groups excluding carboxylic acids is 1. The Hall–Kier alpha value is -2.73. The number of ether oxygens (including phenoxy) is 3. The first-order chi connectivity index (χ1) is 13.2. The van der Waals surface area contributed by atoms with E-state index < -0.39 is 0 Å². The zero-order chi connectivity index (χ0) is 19.2. The van der Waals surface area contributed by atoms with Gasteiger partial charge in [0.15, 0.2) is 11.5 Å². The molecule has 1 saturated heterocycles. The molecule has 1 N–H and O–H groups in total. The van der Waals surface area contributed by atoms with Crippen LogP contribution in [0.25, 0.3) is 0 Å². The molecule has 6 heteroatoms. The van der Waals surface area contributed by atoms with Crippen molar-refractivity contribution in [1.29, 1.82) is 0 Å².